The van der Waals surface area contributed by atoms with Gasteiger partial charge in [-0.05, 0) is 13.5 Å². The van der Waals surface area contributed by atoms with Crippen molar-refractivity contribution >= 4 is 5.91 Å². The molecule has 0 bridgehead atoms. The van der Waals surface area contributed by atoms with Crippen LogP contribution in [0.3, 0.4) is 0 Å². The van der Waals surface area contributed by atoms with E-state index in [4.69, 9.17) is 4.74 Å². The number of carbonyl (C=O) groups excluding carboxylic acids is 1. The van der Waals surface area contributed by atoms with E-state index >= 15 is 0 Å². The fraction of sp³-hybridized carbons (Fsp3) is 0.923. The molecule has 1 amide bonds. The predicted molar refractivity (Wildman–Crippen MR) is 72.7 cm³/mol. The third-order valence-electron chi connectivity index (χ3n) is 3.31. The summed E-state index contributed by atoms with van der Waals surface area (Å²) in [5.74, 6) is 0.284. The Kier molecular flexibility index (Phi) is 7.96. The first kappa shape index (κ1) is 15.4. The largest absolute Gasteiger partial charge is 0.380 e. The van der Waals surface area contributed by atoms with Crippen LogP contribution in [0.25, 0.3) is 0 Å². The Hall–Kier alpha value is -0.650. The molecule has 1 aliphatic heterocycles. The molecule has 0 aromatic heterocycles. The molecule has 5 heteroatoms. The minimum Gasteiger partial charge on any atom is -0.380 e. The fourth-order valence-electron chi connectivity index (χ4n) is 2.09. The lowest BCUT2D eigenvalue weighted by atomic mass is 10.3. The quantitative estimate of drug-likeness (QED) is 0.630. The number of hydrogen-bond acceptors (Lipinski definition) is 4. The van der Waals surface area contributed by atoms with Gasteiger partial charge in [-0.25, -0.2) is 0 Å². The van der Waals surface area contributed by atoms with Gasteiger partial charge in [-0.1, -0.05) is 6.92 Å². The van der Waals surface area contributed by atoms with Gasteiger partial charge < -0.3 is 19.9 Å². The van der Waals surface area contributed by atoms with Gasteiger partial charge in [-0.2, -0.15) is 0 Å². The van der Waals surface area contributed by atoms with Crippen molar-refractivity contribution in [2.75, 3.05) is 59.0 Å². The molecule has 106 valence electrons. The number of nitrogens with zero attached hydrogens (tertiary/aromatic N) is 2. The SMILES string of the molecule is CCOCCN(CC)CCC(=O)N1CCNCC1. The van der Waals surface area contributed by atoms with Gasteiger partial charge in [0.15, 0.2) is 0 Å². The molecule has 0 saturated carbocycles. The Bertz CT molecular complexity index is 230. The highest BCUT2D eigenvalue weighted by molar-refractivity contribution is 5.76. The number of piperazine rings is 1. The first-order valence-electron chi connectivity index (χ1n) is 7.06. The Morgan fingerprint density at radius 3 is 2.61 bits per heavy atom. The molecular formula is C13H27N3O2. The van der Waals surface area contributed by atoms with Crippen LogP contribution in [0.2, 0.25) is 0 Å². The van der Waals surface area contributed by atoms with E-state index in [0.717, 1.165) is 59.0 Å². The van der Waals surface area contributed by atoms with Crippen molar-refractivity contribution in [2.45, 2.75) is 20.3 Å². The maximum absolute atomic E-state index is 12.0. The number of rotatable bonds is 8. The normalized spacial score (nSPS) is 16.3. The van der Waals surface area contributed by atoms with Crippen LogP contribution in [-0.2, 0) is 9.53 Å². The minimum absolute atomic E-state index is 0.284. The van der Waals surface area contributed by atoms with Gasteiger partial charge in [-0.3, -0.25) is 4.79 Å². The highest BCUT2D eigenvalue weighted by Crippen LogP contribution is 1.99. The molecule has 1 N–H and O–H groups in total. The standard InChI is InChI=1S/C13H27N3O2/c1-3-15(11-12-18-4-2)8-5-13(17)16-9-6-14-7-10-16/h14H,3-12H2,1-2H3. The van der Waals surface area contributed by atoms with E-state index in [9.17, 15) is 4.79 Å². The van der Waals surface area contributed by atoms with Crippen molar-refractivity contribution in [1.29, 1.82) is 0 Å². The van der Waals surface area contributed by atoms with Crippen molar-refractivity contribution in [3.63, 3.8) is 0 Å². The molecule has 0 aliphatic carbocycles. The summed E-state index contributed by atoms with van der Waals surface area (Å²) in [6, 6.07) is 0. The highest BCUT2D eigenvalue weighted by Gasteiger charge is 2.16. The van der Waals surface area contributed by atoms with Gasteiger partial charge in [0.2, 0.25) is 5.91 Å². The molecule has 0 radical (unpaired) electrons. The second-order valence-electron chi connectivity index (χ2n) is 4.51. The summed E-state index contributed by atoms with van der Waals surface area (Å²) in [5.41, 5.74) is 0. The van der Waals surface area contributed by atoms with Crippen molar-refractivity contribution in [2.24, 2.45) is 0 Å². The summed E-state index contributed by atoms with van der Waals surface area (Å²) in [7, 11) is 0. The first-order chi connectivity index (χ1) is 8.77. The van der Waals surface area contributed by atoms with Crippen LogP contribution in [0.4, 0.5) is 0 Å². The van der Waals surface area contributed by atoms with Gasteiger partial charge >= 0.3 is 0 Å². The Balaban J connectivity index is 2.17. The lowest BCUT2D eigenvalue weighted by Gasteiger charge is -2.28. The lowest BCUT2D eigenvalue weighted by molar-refractivity contribution is -0.132. The van der Waals surface area contributed by atoms with Crippen LogP contribution in [0.5, 0.6) is 0 Å². The van der Waals surface area contributed by atoms with Gasteiger partial charge in [-0.15, -0.1) is 0 Å². The number of hydrogen-bond donors (Lipinski definition) is 1. The Morgan fingerprint density at radius 2 is 2.00 bits per heavy atom. The van der Waals surface area contributed by atoms with Gasteiger partial charge in [0.25, 0.3) is 0 Å². The van der Waals surface area contributed by atoms with Crippen LogP contribution in [0, 0.1) is 0 Å². The van der Waals surface area contributed by atoms with Gasteiger partial charge in [0.05, 0.1) is 6.61 Å². The monoisotopic (exact) mass is 257 g/mol. The Morgan fingerprint density at radius 1 is 1.28 bits per heavy atom. The average Bonchev–Trinajstić information content (AvgIpc) is 2.43. The van der Waals surface area contributed by atoms with Crippen LogP contribution in [-0.4, -0.2) is 74.7 Å². The maximum Gasteiger partial charge on any atom is 0.223 e. The second-order valence-corrected chi connectivity index (χ2v) is 4.51. The topological polar surface area (TPSA) is 44.8 Å². The molecule has 1 heterocycles. The van der Waals surface area contributed by atoms with Crippen molar-refractivity contribution in [3.05, 3.63) is 0 Å². The highest BCUT2D eigenvalue weighted by atomic mass is 16.5. The zero-order valence-corrected chi connectivity index (χ0v) is 11.8. The third kappa shape index (κ3) is 5.80. The molecule has 0 atom stereocenters. The summed E-state index contributed by atoms with van der Waals surface area (Å²) in [5, 5.41) is 3.26. The third-order valence-corrected chi connectivity index (χ3v) is 3.31. The van der Waals surface area contributed by atoms with E-state index in [2.05, 4.69) is 17.1 Å². The second kappa shape index (κ2) is 9.30. The van der Waals surface area contributed by atoms with Gasteiger partial charge in [0, 0.05) is 52.3 Å². The van der Waals surface area contributed by atoms with Crippen molar-refractivity contribution < 1.29 is 9.53 Å². The van der Waals surface area contributed by atoms with Gasteiger partial charge in [0.1, 0.15) is 0 Å². The Labute approximate surface area is 110 Å². The summed E-state index contributed by atoms with van der Waals surface area (Å²) < 4.78 is 5.34. The number of nitrogens with one attached hydrogen (secondary N) is 1. The minimum atomic E-state index is 0.284. The smallest absolute Gasteiger partial charge is 0.223 e. The summed E-state index contributed by atoms with van der Waals surface area (Å²) in [6.45, 7) is 11.9. The van der Waals surface area contributed by atoms with Crippen LogP contribution >= 0.6 is 0 Å². The van der Waals surface area contributed by atoms with E-state index in [1.165, 1.54) is 0 Å². The van der Waals surface area contributed by atoms with Crippen LogP contribution < -0.4 is 5.32 Å². The summed E-state index contributed by atoms with van der Waals surface area (Å²) in [6.07, 6.45) is 0.625. The van der Waals surface area contributed by atoms with Crippen LogP contribution in [0.1, 0.15) is 20.3 Å². The molecule has 0 aromatic carbocycles. The van der Waals surface area contributed by atoms with Crippen molar-refractivity contribution in [1.82, 2.24) is 15.1 Å². The van der Waals surface area contributed by atoms with Crippen molar-refractivity contribution in [3.8, 4) is 0 Å². The number of amides is 1. The molecular weight excluding hydrogens is 230 g/mol. The number of carbonyl (C=O) groups is 1. The maximum atomic E-state index is 12.0. The van der Waals surface area contributed by atoms with E-state index in [0.29, 0.717) is 6.42 Å². The molecule has 18 heavy (non-hydrogen) atoms. The number of likely N-dealkylation sites (N-methyl/N-ethyl adjacent to an activating group) is 1. The zero-order valence-electron chi connectivity index (χ0n) is 11.8. The van der Waals surface area contributed by atoms with E-state index in [-0.39, 0.29) is 5.91 Å². The summed E-state index contributed by atoms with van der Waals surface area (Å²) >= 11 is 0. The fourth-order valence-corrected chi connectivity index (χ4v) is 2.09. The molecule has 1 saturated heterocycles. The summed E-state index contributed by atoms with van der Waals surface area (Å²) in [4.78, 5) is 16.2. The average molecular weight is 257 g/mol. The molecule has 0 spiro atoms. The van der Waals surface area contributed by atoms with E-state index < -0.39 is 0 Å². The van der Waals surface area contributed by atoms with Crippen LogP contribution in [0.15, 0.2) is 0 Å². The predicted octanol–water partition coefficient (Wildman–Crippen LogP) is 0.167. The molecule has 0 unspecified atom stereocenters. The first-order valence-corrected chi connectivity index (χ1v) is 7.06. The molecule has 1 rings (SSSR count). The van der Waals surface area contributed by atoms with E-state index in [1.807, 2.05) is 11.8 Å². The molecule has 1 aliphatic rings. The lowest BCUT2D eigenvalue weighted by Crippen LogP contribution is -2.47. The molecule has 5 nitrogen and oxygen atoms in total. The number of ether oxygens (including phenoxy) is 1. The molecule has 0 aromatic rings. The zero-order chi connectivity index (χ0) is 13.2. The molecule has 1 fully saturated rings. The van der Waals surface area contributed by atoms with E-state index in [1.54, 1.807) is 0 Å².